The van der Waals surface area contributed by atoms with Crippen molar-refractivity contribution in [2.75, 3.05) is 13.1 Å². The second-order valence-corrected chi connectivity index (χ2v) is 9.99. The molecule has 1 amide bonds. The molecule has 0 radical (unpaired) electrons. The highest BCUT2D eigenvalue weighted by Gasteiger charge is 2.42. The highest BCUT2D eigenvalue weighted by Crippen LogP contribution is 2.40. The van der Waals surface area contributed by atoms with Crippen LogP contribution in [0.4, 0.5) is 0 Å². The number of aromatic nitrogens is 2. The lowest BCUT2D eigenvalue weighted by Crippen LogP contribution is -2.45. The van der Waals surface area contributed by atoms with Gasteiger partial charge in [0.15, 0.2) is 0 Å². The van der Waals surface area contributed by atoms with E-state index in [-0.39, 0.29) is 11.9 Å². The molecule has 4 rings (SSSR count). The Labute approximate surface area is 219 Å². The number of hydrogen-bond donors (Lipinski definition) is 1. The van der Waals surface area contributed by atoms with Crippen LogP contribution in [0, 0.1) is 11.3 Å². The molecule has 0 saturated carbocycles. The lowest BCUT2D eigenvalue weighted by molar-refractivity contribution is -0.137. The Kier molecular flexibility index (Phi) is 8.30. The third kappa shape index (κ3) is 5.55. The molecular weight excluding hydrogens is 462 g/mol. The van der Waals surface area contributed by atoms with Gasteiger partial charge >= 0.3 is 0 Å². The number of benzene rings is 2. The molecule has 2 heterocycles. The van der Waals surface area contributed by atoms with Crippen molar-refractivity contribution in [2.45, 2.75) is 63.8 Å². The van der Waals surface area contributed by atoms with Gasteiger partial charge in [-0.25, -0.2) is 4.98 Å². The fourth-order valence-corrected chi connectivity index (χ4v) is 5.38. The van der Waals surface area contributed by atoms with Crippen LogP contribution in [0.15, 0.2) is 55.0 Å². The van der Waals surface area contributed by atoms with Crippen molar-refractivity contribution in [3.8, 4) is 17.6 Å². The summed E-state index contributed by atoms with van der Waals surface area (Å²) in [4.78, 5) is 20.0. The molecule has 1 fully saturated rings. The van der Waals surface area contributed by atoms with E-state index in [1.54, 1.807) is 12.4 Å². The first-order chi connectivity index (χ1) is 17.9. The number of amides is 1. The summed E-state index contributed by atoms with van der Waals surface area (Å²) in [7, 11) is 1.94. The molecule has 2 N–H and O–H groups in total. The number of nitriles is 1. The molecule has 2 atom stereocenters. The van der Waals surface area contributed by atoms with Crippen LogP contribution in [0.2, 0.25) is 0 Å². The van der Waals surface area contributed by atoms with Crippen LogP contribution in [-0.4, -0.2) is 33.4 Å². The Morgan fingerprint density at radius 1 is 1.22 bits per heavy atom. The number of carbonyl (C=O) groups excluding carboxylic acids is 1. The highest BCUT2D eigenvalue weighted by atomic mass is 16.5. The second kappa shape index (κ2) is 11.6. The van der Waals surface area contributed by atoms with Crippen LogP contribution >= 0.6 is 0 Å². The van der Waals surface area contributed by atoms with Crippen molar-refractivity contribution in [3.05, 3.63) is 77.4 Å². The number of carbonyl (C=O) groups is 1. The minimum Gasteiger partial charge on any atom is -0.456 e. The second-order valence-electron chi connectivity index (χ2n) is 9.99. The molecule has 37 heavy (non-hydrogen) atoms. The zero-order valence-electron chi connectivity index (χ0n) is 22.1. The first kappa shape index (κ1) is 26.4. The molecule has 1 saturated heterocycles. The predicted molar refractivity (Wildman–Crippen MR) is 144 cm³/mol. The maximum absolute atomic E-state index is 13.8. The highest BCUT2D eigenvalue weighted by molar-refractivity contribution is 5.88. The lowest BCUT2D eigenvalue weighted by atomic mass is 9.73. The van der Waals surface area contributed by atoms with Crippen molar-refractivity contribution in [1.82, 2.24) is 14.5 Å². The zero-order valence-corrected chi connectivity index (χ0v) is 22.1. The van der Waals surface area contributed by atoms with E-state index in [1.807, 2.05) is 59.1 Å². The van der Waals surface area contributed by atoms with E-state index in [1.165, 1.54) is 0 Å². The lowest BCUT2D eigenvalue weighted by Gasteiger charge is -2.35. The molecule has 1 aromatic heterocycles. The summed E-state index contributed by atoms with van der Waals surface area (Å²) in [6, 6.07) is 15.3. The molecule has 0 aliphatic carbocycles. The van der Waals surface area contributed by atoms with Crippen LogP contribution in [-0.2, 0) is 23.7 Å². The summed E-state index contributed by atoms with van der Waals surface area (Å²) < 4.78 is 8.24. The molecular formula is C30H37N5O2. The van der Waals surface area contributed by atoms with Crippen molar-refractivity contribution in [2.24, 2.45) is 12.8 Å². The molecule has 0 bridgehead atoms. The molecule has 0 spiro atoms. The number of nitrogens with two attached hydrogens (primary N) is 1. The van der Waals surface area contributed by atoms with Crippen LogP contribution < -0.4 is 10.5 Å². The quantitative estimate of drug-likeness (QED) is 0.425. The predicted octanol–water partition coefficient (Wildman–Crippen LogP) is 5.40. The minimum absolute atomic E-state index is 0.215. The standard InChI is InChI=1S/C30H37N5O2/c1-4-14-35-15-7-6-13-30(5-2,29(35)36)24-9-8-10-26(17-24)37-28-16-22(11-12-23(28)19-31)27(32)18-25-20-33-21-34(25)3/h8-12,16-17,20-21,27H,4-7,13-15,18,32H2,1-3H3. The Balaban J connectivity index is 1.63. The van der Waals surface area contributed by atoms with Crippen LogP contribution in [0.5, 0.6) is 11.5 Å². The zero-order chi connectivity index (χ0) is 26.4. The first-order valence-electron chi connectivity index (χ1n) is 13.2. The largest absolute Gasteiger partial charge is 0.456 e. The van der Waals surface area contributed by atoms with Crippen LogP contribution in [0.1, 0.15) is 74.4 Å². The van der Waals surface area contributed by atoms with Crippen LogP contribution in [0.25, 0.3) is 0 Å². The van der Waals surface area contributed by atoms with Crippen molar-refractivity contribution in [1.29, 1.82) is 5.26 Å². The smallest absolute Gasteiger partial charge is 0.233 e. The fraction of sp³-hybridized carbons (Fsp3) is 0.433. The average molecular weight is 500 g/mol. The normalized spacial score (nSPS) is 18.8. The SMILES string of the molecule is CCCN1CCCCC(CC)(c2cccc(Oc3cc(C(N)Cc4cncn4C)ccc3C#N)c2)C1=O. The summed E-state index contributed by atoms with van der Waals surface area (Å²) in [5.41, 5.74) is 9.27. The molecule has 3 aromatic rings. The monoisotopic (exact) mass is 499 g/mol. The van der Waals surface area contributed by atoms with E-state index in [0.717, 1.165) is 62.0 Å². The van der Waals surface area contributed by atoms with Gasteiger partial charge in [-0.3, -0.25) is 4.79 Å². The van der Waals surface area contributed by atoms with Gasteiger partial charge in [0.1, 0.15) is 17.6 Å². The van der Waals surface area contributed by atoms with E-state index in [9.17, 15) is 10.1 Å². The van der Waals surface area contributed by atoms with Crippen molar-refractivity contribution in [3.63, 3.8) is 0 Å². The number of imidazole rings is 1. The first-order valence-corrected chi connectivity index (χ1v) is 13.2. The van der Waals surface area contributed by atoms with E-state index in [4.69, 9.17) is 10.5 Å². The fourth-order valence-electron chi connectivity index (χ4n) is 5.38. The average Bonchev–Trinajstić information content (AvgIpc) is 3.24. The van der Waals surface area contributed by atoms with Crippen molar-refractivity contribution < 1.29 is 9.53 Å². The van der Waals surface area contributed by atoms with Crippen molar-refractivity contribution >= 4 is 5.91 Å². The number of rotatable bonds is 9. The van der Waals surface area contributed by atoms with Gasteiger partial charge in [0, 0.05) is 44.5 Å². The van der Waals surface area contributed by atoms with Gasteiger partial charge in [-0.2, -0.15) is 5.26 Å². The molecule has 2 aromatic carbocycles. The Hall–Kier alpha value is -3.63. The Morgan fingerprint density at radius 2 is 2.05 bits per heavy atom. The van der Waals surface area contributed by atoms with Gasteiger partial charge in [0.25, 0.3) is 0 Å². The van der Waals surface area contributed by atoms with Gasteiger partial charge in [-0.05, 0) is 61.1 Å². The third-order valence-electron chi connectivity index (χ3n) is 7.59. The molecule has 1 aliphatic rings. The van der Waals surface area contributed by atoms with E-state index >= 15 is 0 Å². The molecule has 7 nitrogen and oxygen atoms in total. The minimum atomic E-state index is -0.559. The molecule has 194 valence electrons. The van der Waals surface area contributed by atoms with Gasteiger partial charge in [0.2, 0.25) is 5.91 Å². The summed E-state index contributed by atoms with van der Waals surface area (Å²) in [6.45, 7) is 5.82. The number of hydrogen-bond acceptors (Lipinski definition) is 5. The van der Waals surface area contributed by atoms with E-state index < -0.39 is 5.41 Å². The van der Waals surface area contributed by atoms with Gasteiger partial charge in [-0.1, -0.05) is 38.5 Å². The maximum atomic E-state index is 13.8. The summed E-state index contributed by atoms with van der Waals surface area (Å²) in [6.07, 6.45) is 8.74. The van der Waals surface area contributed by atoms with Crippen LogP contribution in [0.3, 0.4) is 0 Å². The number of aryl methyl sites for hydroxylation is 1. The maximum Gasteiger partial charge on any atom is 0.233 e. The third-order valence-corrected chi connectivity index (χ3v) is 7.59. The Bertz CT molecular complexity index is 1280. The van der Waals surface area contributed by atoms with E-state index in [0.29, 0.717) is 23.5 Å². The number of ether oxygens (including phenoxy) is 1. The number of likely N-dealkylation sites (tertiary alicyclic amines) is 1. The summed E-state index contributed by atoms with van der Waals surface area (Å²) >= 11 is 0. The summed E-state index contributed by atoms with van der Waals surface area (Å²) in [5.74, 6) is 1.29. The topological polar surface area (TPSA) is 97.2 Å². The van der Waals surface area contributed by atoms with Gasteiger partial charge in [0.05, 0.1) is 17.3 Å². The molecule has 1 aliphatic heterocycles. The number of nitrogens with zero attached hydrogens (tertiary/aromatic N) is 4. The molecule has 7 heteroatoms. The summed E-state index contributed by atoms with van der Waals surface area (Å²) in [5, 5.41) is 9.73. The Morgan fingerprint density at radius 3 is 2.76 bits per heavy atom. The van der Waals surface area contributed by atoms with Gasteiger partial charge in [-0.15, -0.1) is 0 Å². The van der Waals surface area contributed by atoms with Gasteiger partial charge < -0.3 is 19.9 Å². The van der Waals surface area contributed by atoms with E-state index in [2.05, 4.69) is 24.9 Å². The molecule has 2 unspecified atom stereocenters.